The maximum absolute atomic E-state index is 14.1. The third-order valence-electron chi connectivity index (χ3n) is 6.73. The molecule has 4 aromatic rings. The van der Waals surface area contributed by atoms with Gasteiger partial charge >= 0.3 is 0 Å². The summed E-state index contributed by atoms with van der Waals surface area (Å²) in [4.78, 5) is 28.9. The Morgan fingerprint density at radius 2 is 1.30 bits per heavy atom. The highest BCUT2D eigenvalue weighted by atomic mass is 32.2. The van der Waals surface area contributed by atoms with Crippen LogP contribution in [-0.2, 0) is 26.2 Å². The molecule has 1 atom stereocenters. The lowest BCUT2D eigenvalue weighted by molar-refractivity contribution is -0.140. The average molecular weight is 600 g/mol. The van der Waals surface area contributed by atoms with E-state index < -0.39 is 28.5 Å². The van der Waals surface area contributed by atoms with Gasteiger partial charge in [0, 0.05) is 12.6 Å². The normalized spacial score (nSPS) is 11.9. The molecule has 4 rings (SSSR count). The molecule has 0 saturated carbocycles. The molecular formula is C34H37N3O5S. The van der Waals surface area contributed by atoms with Crippen LogP contribution in [0.3, 0.4) is 0 Å². The number of ether oxygens (including phenoxy) is 1. The van der Waals surface area contributed by atoms with Gasteiger partial charge in [0.2, 0.25) is 11.8 Å². The van der Waals surface area contributed by atoms with Crippen molar-refractivity contribution in [3.63, 3.8) is 0 Å². The van der Waals surface area contributed by atoms with Crippen LogP contribution in [0.1, 0.15) is 32.8 Å². The van der Waals surface area contributed by atoms with E-state index in [0.29, 0.717) is 17.9 Å². The Hall–Kier alpha value is -4.63. The van der Waals surface area contributed by atoms with Crippen molar-refractivity contribution in [2.75, 3.05) is 10.8 Å². The molecule has 0 radical (unpaired) electrons. The molecule has 1 N–H and O–H groups in total. The van der Waals surface area contributed by atoms with Gasteiger partial charge in [-0.05, 0) is 74.4 Å². The Morgan fingerprint density at radius 1 is 0.767 bits per heavy atom. The quantitative estimate of drug-likeness (QED) is 0.203. The van der Waals surface area contributed by atoms with E-state index in [0.717, 1.165) is 9.87 Å². The van der Waals surface area contributed by atoms with Gasteiger partial charge in [-0.1, -0.05) is 73.7 Å². The summed E-state index contributed by atoms with van der Waals surface area (Å²) in [5.41, 5.74) is 1.11. The summed E-state index contributed by atoms with van der Waals surface area (Å²) in [5, 5.41) is 2.90. The third-order valence-corrected chi connectivity index (χ3v) is 8.51. The Balaban J connectivity index is 1.70. The first kappa shape index (κ1) is 31.3. The number of carbonyl (C=O) groups is 2. The topological polar surface area (TPSA) is 96.0 Å². The number of para-hydroxylation sites is 1. The van der Waals surface area contributed by atoms with Gasteiger partial charge in [-0.2, -0.15) is 0 Å². The minimum absolute atomic E-state index is 0.0478. The van der Waals surface area contributed by atoms with Crippen LogP contribution in [0.15, 0.2) is 120 Å². The first-order chi connectivity index (χ1) is 20.7. The molecule has 0 spiro atoms. The number of benzene rings is 4. The molecule has 0 aliphatic heterocycles. The lowest BCUT2D eigenvalue weighted by atomic mass is 10.1. The van der Waals surface area contributed by atoms with Crippen LogP contribution in [0.4, 0.5) is 5.69 Å². The molecule has 43 heavy (non-hydrogen) atoms. The largest absolute Gasteiger partial charge is 0.457 e. The molecule has 4 aromatic carbocycles. The Bertz CT molecular complexity index is 1580. The zero-order chi connectivity index (χ0) is 30.8. The zero-order valence-corrected chi connectivity index (χ0v) is 25.4. The number of amides is 2. The average Bonchev–Trinajstić information content (AvgIpc) is 3.01. The first-order valence-corrected chi connectivity index (χ1v) is 15.7. The van der Waals surface area contributed by atoms with E-state index in [-0.39, 0.29) is 29.1 Å². The minimum atomic E-state index is -4.15. The predicted molar refractivity (Wildman–Crippen MR) is 168 cm³/mol. The zero-order valence-electron chi connectivity index (χ0n) is 24.6. The van der Waals surface area contributed by atoms with Crippen LogP contribution in [0.25, 0.3) is 0 Å². The van der Waals surface area contributed by atoms with Crippen molar-refractivity contribution >= 4 is 27.5 Å². The SMILES string of the molecule is CC[C@H](C(=O)NC(C)C)N(Cc1ccccc1)C(=O)CN(c1ccc(Oc2ccccc2)cc1)S(=O)(=O)c1ccccc1. The molecule has 0 bridgehead atoms. The highest BCUT2D eigenvalue weighted by molar-refractivity contribution is 7.92. The summed E-state index contributed by atoms with van der Waals surface area (Å²) >= 11 is 0. The second-order valence-electron chi connectivity index (χ2n) is 10.3. The van der Waals surface area contributed by atoms with Crippen LogP contribution in [0.5, 0.6) is 11.5 Å². The molecule has 224 valence electrons. The molecule has 0 aliphatic rings. The van der Waals surface area contributed by atoms with E-state index in [1.807, 2.05) is 81.4 Å². The number of carbonyl (C=O) groups excluding carboxylic acids is 2. The summed E-state index contributed by atoms with van der Waals surface area (Å²) in [6.45, 7) is 5.18. The summed E-state index contributed by atoms with van der Waals surface area (Å²) in [7, 11) is -4.15. The van der Waals surface area contributed by atoms with Gasteiger partial charge in [0.25, 0.3) is 10.0 Å². The van der Waals surface area contributed by atoms with E-state index in [1.165, 1.54) is 17.0 Å². The Labute approximate surface area is 254 Å². The second kappa shape index (κ2) is 14.5. The van der Waals surface area contributed by atoms with Gasteiger partial charge in [0.15, 0.2) is 0 Å². The summed E-state index contributed by atoms with van der Waals surface area (Å²) in [5.74, 6) is 0.363. The van der Waals surface area contributed by atoms with E-state index in [2.05, 4.69) is 5.32 Å². The third kappa shape index (κ3) is 8.23. The molecule has 0 saturated heterocycles. The highest BCUT2D eigenvalue weighted by Crippen LogP contribution is 2.28. The molecule has 8 nitrogen and oxygen atoms in total. The van der Waals surface area contributed by atoms with Crippen molar-refractivity contribution in [1.29, 1.82) is 0 Å². The van der Waals surface area contributed by atoms with E-state index in [4.69, 9.17) is 4.74 Å². The van der Waals surface area contributed by atoms with Crippen LogP contribution >= 0.6 is 0 Å². The van der Waals surface area contributed by atoms with Gasteiger partial charge in [0.05, 0.1) is 10.6 Å². The fourth-order valence-corrected chi connectivity index (χ4v) is 6.07. The van der Waals surface area contributed by atoms with Gasteiger partial charge in [-0.3, -0.25) is 13.9 Å². The number of sulfonamides is 1. The number of nitrogens with one attached hydrogen (secondary N) is 1. The second-order valence-corrected chi connectivity index (χ2v) is 12.2. The van der Waals surface area contributed by atoms with Gasteiger partial charge in [-0.25, -0.2) is 8.42 Å². The minimum Gasteiger partial charge on any atom is -0.457 e. The number of rotatable bonds is 13. The number of nitrogens with zero attached hydrogens (tertiary/aromatic N) is 2. The Morgan fingerprint density at radius 3 is 1.86 bits per heavy atom. The van der Waals surface area contributed by atoms with Gasteiger partial charge in [-0.15, -0.1) is 0 Å². The molecule has 0 fully saturated rings. The van der Waals surface area contributed by atoms with Gasteiger partial charge < -0.3 is 15.0 Å². The van der Waals surface area contributed by atoms with Crippen LogP contribution in [0, 0.1) is 0 Å². The molecule has 0 heterocycles. The number of hydrogen-bond acceptors (Lipinski definition) is 5. The summed E-state index contributed by atoms with van der Waals surface area (Å²) in [6, 6.07) is 32.2. The Kier molecular flexibility index (Phi) is 10.6. The van der Waals surface area contributed by atoms with E-state index in [1.54, 1.807) is 42.5 Å². The van der Waals surface area contributed by atoms with E-state index >= 15 is 0 Å². The molecule has 0 aromatic heterocycles. The van der Waals surface area contributed by atoms with Crippen molar-refractivity contribution in [1.82, 2.24) is 10.2 Å². The number of hydrogen-bond donors (Lipinski definition) is 1. The van der Waals surface area contributed by atoms with Crippen molar-refractivity contribution in [2.24, 2.45) is 0 Å². The van der Waals surface area contributed by atoms with Crippen molar-refractivity contribution in [3.8, 4) is 11.5 Å². The lowest BCUT2D eigenvalue weighted by Gasteiger charge is -2.33. The lowest BCUT2D eigenvalue weighted by Crippen LogP contribution is -2.53. The van der Waals surface area contributed by atoms with Crippen molar-refractivity contribution in [2.45, 2.75) is 50.7 Å². The number of anilines is 1. The van der Waals surface area contributed by atoms with Crippen molar-refractivity contribution in [3.05, 3.63) is 121 Å². The molecule has 9 heteroatoms. The smallest absolute Gasteiger partial charge is 0.264 e. The molecule has 0 unspecified atom stereocenters. The van der Waals surface area contributed by atoms with Crippen LogP contribution < -0.4 is 14.4 Å². The summed E-state index contributed by atoms with van der Waals surface area (Å²) < 4.78 is 34.9. The van der Waals surface area contributed by atoms with E-state index in [9.17, 15) is 18.0 Å². The van der Waals surface area contributed by atoms with Gasteiger partial charge in [0.1, 0.15) is 24.1 Å². The highest BCUT2D eigenvalue weighted by Gasteiger charge is 2.33. The standard InChI is InChI=1S/C34H37N3O5S/c1-4-32(34(39)35-26(2)3)36(24-27-14-8-5-9-15-27)33(38)25-37(43(40,41)31-18-12-7-13-19-31)28-20-22-30(23-21-28)42-29-16-10-6-11-17-29/h5-23,26,32H,4,24-25H2,1-3H3,(H,35,39)/t32-/m1/s1. The van der Waals surface area contributed by atoms with Crippen LogP contribution in [-0.4, -0.2) is 43.8 Å². The molecule has 0 aliphatic carbocycles. The predicted octanol–water partition coefficient (Wildman–Crippen LogP) is 6.01. The maximum Gasteiger partial charge on any atom is 0.264 e. The first-order valence-electron chi connectivity index (χ1n) is 14.2. The fourth-order valence-electron chi connectivity index (χ4n) is 4.63. The maximum atomic E-state index is 14.1. The molecular weight excluding hydrogens is 562 g/mol. The molecule has 2 amide bonds. The monoisotopic (exact) mass is 599 g/mol. The van der Waals surface area contributed by atoms with Crippen LogP contribution in [0.2, 0.25) is 0 Å². The fraction of sp³-hybridized carbons (Fsp3) is 0.235. The van der Waals surface area contributed by atoms with Crippen molar-refractivity contribution < 1.29 is 22.7 Å². The summed E-state index contributed by atoms with van der Waals surface area (Å²) in [6.07, 6.45) is 0.355.